The highest BCUT2D eigenvalue weighted by molar-refractivity contribution is 7.86. The first-order chi connectivity index (χ1) is 15.7. The highest BCUT2D eigenvalue weighted by Gasteiger charge is 2.32. The largest absolute Gasteiger partial charge is 0.465 e. The molecule has 0 aliphatic carbocycles. The third-order valence-electron chi connectivity index (χ3n) is 5.35. The van der Waals surface area contributed by atoms with E-state index in [0.717, 1.165) is 40.7 Å². The van der Waals surface area contributed by atoms with Crippen molar-refractivity contribution in [2.24, 2.45) is 0 Å². The van der Waals surface area contributed by atoms with Crippen LogP contribution in [0.25, 0.3) is 11.1 Å². The van der Waals surface area contributed by atoms with Gasteiger partial charge in [0, 0.05) is 13.0 Å². The molecular formula is C23H25N3O6S. The molecule has 10 heteroatoms. The van der Waals surface area contributed by atoms with Crippen molar-refractivity contribution in [2.45, 2.75) is 37.8 Å². The molecule has 0 radical (unpaired) electrons. The van der Waals surface area contributed by atoms with Gasteiger partial charge in [-0.05, 0) is 48.1 Å². The van der Waals surface area contributed by atoms with E-state index in [1.165, 1.54) is 0 Å². The lowest BCUT2D eigenvalue weighted by atomic mass is 9.99. The highest BCUT2D eigenvalue weighted by Crippen LogP contribution is 2.24. The van der Waals surface area contributed by atoms with Gasteiger partial charge in [-0.2, -0.15) is 13.7 Å². The fourth-order valence-corrected chi connectivity index (χ4v) is 4.24. The molecule has 2 aromatic rings. The number of nitrogens with one attached hydrogen (secondary N) is 1. The molecule has 1 unspecified atom stereocenters. The molecule has 0 spiro atoms. The van der Waals surface area contributed by atoms with Gasteiger partial charge in [0.2, 0.25) is 5.91 Å². The van der Waals surface area contributed by atoms with Crippen LogP contribution in [0.5, 0.6) is 5.75 Å². The summed E-state index contributed by atoms with van der Waals surface area (Å²) in [5.74, 6) is -0.221. The lowest BCUT2D eigenvalue weighted by Crippen LogP contribution is -2.53. The molecule has 1 fully saturated rings. The molecule has 2 aromatic carbocycles. The Morgan fingerprint density at radius 2 is 1.76 bits per heavy atom. The number of amides is 2. The summed E-state index contributed by atoms with van der Waals surface area (Å²) in [6, 6.07) is 14.6. The zero-order valence-electron chi connectivity index (χ0n) is 18.1. The first-order valence-electron chi connectivity index (χ1n) is 10.4. The summed E-state index contributed by atoms with van der Waals surface area (Å²) in [5.41, 5.74) is 2.58. The zero-order chi connectivity index (χ0) is 24.0. The smallest absolute Gasteiger partial charge is 0.407 e. The molecule has 0 aromatic heterocycles. The molecule has 2 atom stereocenters. The van der Waals surface area contributed by atoms with Crippen molar-refractivity contribution >= 4 is 22.1 Å². The number of nitrogens with zero attached hydrogens (tertiary/aromatic N) is 2. The van der Waals surface area contributed by atoms with Gasteiger partial charge in [0.1, 0.15) is 17.8 Å². The van der Waals surface area contributed by atoms with Crippen LogP contribution in [-0.4, -0.2) is 55.3 Å². The van der Waals surface area contributed by atoms with Crippen molar-refractivity contribution in [2.75, 3.05) is 12.8 Å². The van der Waals surface area contributed by atoms with Crippen molar-refractivity contribution in [3.05, 3.63) is 54.1 Å². The molecule has 1 aliphatic heterocycles. The maximum atomic E-state index is 12.6. The molecule has 33 heavy (non-hydrogen) atoms. The third-order valence-corrected chi connectivity index (χ3v) is 5.85. The number of rotatable bonds is 7. The highest BCUT2D eigenvalue weighted by atomic mass is 32.2. The van der Waals surface area contributed by atoms with Crippen LogP contribution in [0, 0.1) is 11.3 Å². The Bertz CT molecular complexity index is 1140. The number of hydrogen-bond acceptors (Lipinski definition) is 6. The van der Waals surface area contributed by atoms with E-state index < -0.39 is 34.2 Å². The first-order valence-corrected chi connectivity index (χ1v) is 12.3. The predicted octanol–water partition coefficient (Wildman–Crippen LogP) is 2.78. The second-order valence-corrected chi connectivity index (χ2v) is 9.47. The Labute approximate surface area is 192 Å². The SMILES string of the molecule is CS(=O)(=O)Oc1ccc(-c2ccc(C[C@@H](C#N)NC(=O)C3CCCCN3C(=O)O)cc2)cc1. The Hall–Kier alpha value is -3.58. The number of piperidine rings is 1. The second-order valence-electron chi connectivity index (χ2n) is 7.89. The van der Waals surface area contributed by atoms with Gasteiger partial charge in [-0.15, -0.1) is 0 Å². The van der Waals surface area contributed by atoms with Crippen molar-refractivity contribution in [1.29, 1.82) is 5.26 Å². The molecule has 1 saturated heterocycles. The van der Waals surface area contributed by atoms with Crippen molar-refractivity contribution in [3.8, 4) is 22.9 Å². The zero-order valence-corrected chi connectivity index (χ0v) is 18.9. The summed E-state index contributed by atoms with van der Waals surface area (Å²) in [6.07, 6.45) is 2.06. The molecule has 2 N–H and O–H groups in total. The van der Waals surface area contributed by atoms with Crippen LogP contribution in [-0.2, 0) is 21.3 Å². The van der Waals surface area contributed by atoms with Gasteiger partial charge in [0.25, 0.3) is 0 Å². The van der Waals surface area contributed by atoms with E-state index in [1.807, 2.05) is 24.3 Å². The average molecular weight is 472 g/mol. The minimum absolute atomic E-state index is 0.227. The van der Waals surface area contributed by atoms with Gasteiger partial charge < -0.3 is 14.6 Å². The van der Waals surface area contributed by atoms with Crippen LogP contribution in [0.15, 0.2) is 48.5 Å². The van der Waals surface area contributed by atoms with Crippen LogP contribution in [0.4, 0.5) is 4.79 Å². The Kier molecular flexibility index (Phi) is 7.55. The molecular weight excluding hydrogens is 446 g/mol. The predicted molar refractivity (Wildman–Crippen MR) is 121 cm³/mol. The number of carbonyl (C=O) groups excluding carboxylic acids is 1. The fourth-order valence-electron chi connectivity index (χ4n) is 3.78. The summed E-state index contributed by atoms with van der Waals surface area (Å²) in [5, 5.41) is 21.5. The van der Waals surface area contributed by atoms with E-state index >= 15 is 0 Å². The van der Waals surface area contributed by atoms with Gasteiger partial charge in [-0.1, -0.05) is 36.4 Å². The first kappa shape index (κ1) is 24.1. The fraction of sp³-hybridized carbons (Fsp3) is 0.348. The van der Waals surface area contributed by atoms with E-state index in [2.05, 4.69) is 11.4 Å². The molecule has 0 saturated carbocycles. The number of nitriles is 1. The van der Waals surface area contributed by atoms with Gasteiger partial charge in [-0.25, -0.2) is 4.79 Å². The van der Waals surface area contributed by atoms with Gasteiger partial charge in [0.15, 0.2) is 0 Å². The lowest BCUT2D eigenvalue weighted by Gasteiger charge is -2.32. The van der Waals surface area contributed by atoms with Crippen LogP contribution < -0.4 is 9.50 Å². The molecule has 0 bridgehead atoms. The van der Waals surface area contributed by atoms with E-state index in [4.69, 9.17) is 4.18 Å². The number of benzene rings is 2. The van der Waals surface area contributed by atoms with Gasteiger partial charge in [-0.3, -0.25) is 9.69 Å². The van der Waals surface area contributed by atoms with Crippen LogP contribution >= 0.6 is 0 Å². The van der Waals surface area contributed by atoms with E-state index in [-0.39, 0.29) is 12.2 Å². The van der Waals surface area contributed by atoms with Gasteiger partial charge in [0.05, 0.1) is 12.3 Å². The molecule has 1 aliphatic rings. The summed E-state index contributed by atoms with van der Waals surface area (Å²) in [4.78, 5) is 25.1. The Morgan fingerprint density at radius 3 is 2.30 bits per heavy atom. The average Bonchev–Trinajstić information content (AvgIpc) is 2.78. The van der Waals surface area contributed by atoms with Crippen LogP contribution in [0.2, 0.25) is 0 Å². The maximum Gasteiger partial charge on any atom is 0.407 e. The molecule has 2 amide bonds. The summed E-state index contributed by atoms with van der Waals surface area (Å²) in [7, 11) is -3.59. The third kappa shape index (κ3) is 6.70. The van der Waals surface area contributed by atoms with Crippen LogP contribution in [0.1, 0.15) is 24.8 Å². The summed E-state index contributed by atoms with van der Waals surface area (Å²) in [6.45, 7) is 0.313. The lowest BCUT2D eigenvalue weighted by molar-refractivity contribution is -0.127. The minimum atomic E-state index is -3.59. The topological polar surface area (TPSA) is 137 Å². The summed E-state index contributed by atoms with van der Waals surface area (Å²) >= 11 is 0. The number of hydrogen-bond donors (Lipinski definition) is 2. The second kappa shape index (κ2) is 10.4. The standard InChI is InChI=1S/C23H25N3O6S/c1-33(30,31)32-20-11-9-18(10-12-20)17-7-5-16(6-8-17)14-19(15-24)25-22(27)21-4-2-3-13-26(21)23(28)29/h5-12,19,21H,2-4,13-14H2,1H3,(H,25,27)(H,28,29)/t19-,21?/m0/s1. The van der Waals surface area contributed by atoms with Crippen LogP contribution in [0.3, 0.4) is 0 Å². The normalized spacial score (nSPS) is 17.0. The number of likely N-dealkylation sites (tertiary alicyclic amines) is 1. The van der Waals surface area contributed by atoms with E-state index in [0.29, 0.717) is 13.0 Å². The molecule has 174 valence electrons. The number of carbonyl (C=O) groups is 2. The molecule has 1 heterocycles. The quantitative estimate of drug-likeness (QED) is 0.592. The van der Waals surface area contributed by atoms with Crippen molar-refractivity contribution < 1.29 is 27.3 Å². The Morgan fingerprint density at radius 1 is 1.15 bits per heavy atom. The van der Waals surface area contributed by atoms with Gasteiger partial charge >= 0.3 is 16.2 Å². The van der Waals surface area contributed by atoms with Crippen molar-refractivity contribution in [1.82, 2.24) is 10.2 Å². The minimum Gasteiger partial charge on any atom is -0.465 e. The van der Waals surface area contributed by atoms with E-state index in [1.54, 1.807) is 24.3 Å². The Balaban J connectivity index is 1.62. The van der Waals surface area contributed by atoms with E-state index in [9.17, 15) is 28.4 Å². The van der Waals surface area contributed by atoms with Crippen molar-refractivity contribution in [3.63, 3.8) is 0 Å². The number of carboxylic acid groups (broad SMARTS) is 1. The summed E-state index contributed by atoms with van der Waals surface area (Å²) < 4.78 is 27.3. The molecule has 9 nitrogen and oxygen atoms in total. The monoisotopic (exact) mass is 471 g/mol. The maximum absolute atomic E-state index is 12.6. The molecule has 3 rings (SSSR count).